The van der Waals surface area contributed by atoms with Gasteiger partial charge in [-0.25, -0.2) is 4.90 Å². The first kappa shape index (κ1) is 33.0. The predicted molar refractivity (Wildman–Crippen MR) is 184 cm³/mol. The molecule has 4 amide bonds. The molecule has 0 radical (unpaired) electrons. The number of benzene rings is 3. The standard InChI is InChI=1S/C37H29IN2O8/c1-20(41)23-7-13-27-29(18-23)36(47)40(34(27)45)26-11-5-22(6-12-26)31(42)15-16-32(43)24-8-14-28-30(19-24)37(48)39(35(28)46)25-9-2-21(3-10-25)4-17-33(38)44/h2-6,8-12,14,17,19,23,27,29H,7,13,15-16,18H2,1H3/b17-4+. The summed E-state index contributed by atoms with van der Waals surface area (Å²) in [4.78, 5) is 104. The Morgan fingerprint density at radius 3 is 1.92 bits per heavy atom. The Morgan fingerprint density at radius 2 is 1.27 bits per heavy atom. The molecule has 2 aliphatic heterocycles. The maximum atomic E-state index is 13.2. The van der Waals surface area contributed by atoms with Crippen LogP contribution in [0.2, 0.25) is 0 Å². The van der Waals surface area contributed by atoms with E-state index in [2.05, 4.69) is 0 Å². The van der Waals surface area contributed by atoms with Crippen molar-refractivity contribution in [3.8, 4) is 0 Å². The number of fused-ring (bicyclic) bond motifs is 2. The Balaban J connectivity index is 1.08. The molecule has 0 spiro atoms. The van der Waals surface area contributed by atoms with Gasteiger partial charge in [-0.3, -0.25) is 43.3 Å². The van der Waals surface area contributed by atoms with Crippen molar-refractivity contribution in [2.75, 3.05) is 9.80 Å². The molecule has 3 unspecified atom stereocenters. The van der Waals surface area contributed by atoms with Crippen LogP contribution in [0.4, 0.5) is 11.4 Å². The zero-order valence-corrected chi connectivity index (χ0v) is 28.0. The molecule has 242 valence electrons. The van der Waals surface area contributed by atoms with E-state index < -0.39 is 23.7 Å². The number of rotatable bonds is 10. The summed E-state index contributed by atoms with van der Waals surface area (Å²) in [6.07, 6.45) is 4.22. The number of amides is 4. The number of anilines is 2. The van der Waals surface area contributed by atoms with Crippen molar-refractivity contribution < 1.29 is 38.4 Å². The van der Waals surface area contributed by atoms with Crippen molar-refractivity contribution in [2.24, 2.45) is 17.8 Å². The Labute approximate surface area is 289 Å². The van der Waals surface area contributed by atoms with Crippen LogP contribution in [0.1, 0.15) is 86.0 Å². The first-order valence-corrected chi connectivity index (χ1v) is 16.6. The lowest BCUT2D eigenvalue weighted by atomic mass is 9.74. The minimum absolute atomic E-state index is 0.0267. The zero-order chi connectivity index (χ0) is 34.3. The number of ketones is 3. The number of carbonyl (C=O) groups excluding carboxylic acids is 8. The van der Waals surface area contributed by atoms with E-state index in [9.17, 15) is 38.4 Å². The summed E-state index contributed by atoms with van der Waals surface area (Å²) in [6, 6.07) is 16.9. The lowest BCUT2D eigenvalue weighted by molar-refractivity contribution is -0.127. The van der Waals surface area contributed by atoms with E-state index in [4.69, 9.17) is 0 Å². The molecule has 48 heavy (non-hydrogen) atoms. The Hall–Kier alpha value is -4.91. The molecule has 10 nitrogen and oxygen atoms in total. The van der Waals surface area contributed by atoms with E-state index in [1.165, 1.54) is 55.5 Å². The fourth-order valence-electron chi connectivity index (χ4n) is 6.66. The second-order valence-electron chi connectivity index (χ2n) is 12.2. The van der Waals surface area contributed by atoms with Crippen LogP contribution in [0.25, 0.3) is 6.08 Å². The highest BCUT2D eigenvalue weighted by Gasteiger charge is 2.51. The van der Waals surface area contributed by atoms with E-state index in [1.807, 2.05) is 0 Å². The zero-order valence-electron chi connectivity index (χ0n) is 25.8. The molecular formula is C37H29IN2O8. The van der Waals surface area contributed by atoms with E-state index in [0.29, 0.717) is 36.2 Å². The van der Waals surface area contributed by atoms with E-state index in [-0.39, 0.29) is 68.4 Å². The third-order valence-electron chi connectivity index (χ3n) is 9.29. The third-order valence-corrected chi connectivity index (χ3v) is 9.65. The molecule has 3 aromatic carbocycles. The average molecular weight is 757 g/mol. The van der Waals surface area contributed by atoms with Crippen LogP contribution >= 0.6 is 22.6 Å². The third kappa shape index (κ3) is 6.21. The van der Waals surface area contributed by atoms with Gasteiger partial charge < -0.3 is 0 Å². The molecule has 0 aromatic heterocycles. The maximum Gasteiger partial charge on any atom is 0.266 e. The Bertz CT molecular complexity index is 1950. The van der Waals surface area contributed by atoms with Gasteiger partial charge in [0, 0.05) is 52.5 Å². The molecule has 1 saturated heterocycles. The number of halogens is 1. The van der Waals surface area contributed by atoms with Crippen LogP contribution in [0.5, 0.6) is 0 Å². The minimum atomic E-state index is -0.570. The Morgan fingerprint density at radius 1 is 0.708 bits per heavy atom. The first-order valence-electron chi connectivity index (χ1n) is 15.5. The van der Waals surface area contributed by atoms with Crippen molar-refractivity contribution in [1.29, 1.82) is 0 Å². The predicted octanol–water partition coefficient (Wildman–Crippen LogP) is 5.80. The summed E-state index contributed by atoms with van der Waals surface area (Å²) < 4.78 is -0.139. The number of nitrogens with zero attached hydrogens (tertiary/aromatic N) is 2. The molecule has 3 atom stereocenters. The van der Waals surface area contributed by atoms with Crippen LogP contribution < -0.4 is 9.80 Å². The first-order chi connectivity index (χ1) is 22.9. The van der Waals surface area contributed by atoms with Gasteiger partial charge in [-0.05, 0) is 86.4 Å². The van der Waals surface area contributed by atoms with Crippen LogP contribution in [-0.4, -0.2) is 44.8 Å². The van der Waals surface area contributed by atoms with Gasteiger partial charge in [0.1, 0.15) is 5.78 Å². The second kappa shape index (κ2) is 13.3. The summed E-state index contributed by atoms with van der Waals surface area (Å²) in [6.45, 7) is 1.51. The van der Waals surface area contributed by atoms with Crippen molar-refractivity contribution in [1.82, 2.24) is 0 Å². The molecular weight excluding hydrogens is 727 g/mol. The SMILES string of the molecule is CC(=O)C1CCC2C(=O)N(c3ccc(C(=O)CCC(=O)c4ccc5c(c4)C(=O)N(c4ccc(/C=C/C(=O)I)cc4)C5=O)cc3)C(=O)C2C1. The Kier molecular flexibility index (Phi) is 9.15. The van der Waals surface area contributed by atoms with Crippen molar-refractivity contribution in [2.45, 2.75) is 39.0 Å². The highest BCUT2D eigenvalue weighted by Crippen LogP contribution is 2.42. The summed E-state index contributed by atoms with van der Waals surface area (Å²) in [7, 11) is 0. The highest BCUT2D eigenvalue weighted by atomic mass is 127. The fourth-order valence-corrected chi connectivity index (χ4v) is 6.84. The number of hydrogen-bond acceptors (Lipinski definition) is 8. The van der Waals surface area contributed by atoms with Crippen molar-refractivity contribution in [3.05, 3.63) is 101 Å². The largest absolute Gasteiger partial charge is 0.300 e. The molecule has 0 bridgehead atoms. The topological polar surface area (TPSA) is 143 Å². The lowest BCUT2D eigenvalue weighted by Crippen LogP contribution is -2.31. The maximum absolute atomic E-state index is 13.2. The lowest BCUT2D eigenvalue weighted by Gasteiger charge is -2.26. The summed E-state index contributed by atoms with van der Waals surface area (Å²) in [5.41, 5.74) is 2.20. The van der Waals surface area contributed by atoms with E-state index in [1.54, 1.807) is 52.9 Å². The van der Waals surface area contributed by atoms with E-state index in [0.717, 1.165) is 15.4 Å². The van der Waals surface area contributed by atoms with Crippen LogP contribution in [0, 0.1) is 17.8 Å². The summed E-state index contributed by atoms with van der Waals surface area (Å²) in [5, 5.41) is 0. The second-order valence-corrected chi connectivity index (χ2v) is 13.2. The van der Waals surface area contributed by atoms with Gasteiger partial charge in [-0.2, -0.15) is 0 Å². The van der Waals surface area contributed by atoms with Gasteiger partial charge in [0.15, 0.2) is 11.6 Å². The summed E-state index contributed by atoms with van der Waals surface area (Å²) in [5.74, 6) is -3.53. The normalized spacial score (nSPS) is 20.3. The number of allylic oxidation sites excluding steroid dienone is 1. The van der Waals surface area contributed by atoms with Crippen LogP contribution in [0.15, 0.2) is 72.8 Å². The van der Waals surface area contributed by atoms with Gasteiger partial charge in [0.2, 0.25) is 15.6 Å². The number of hydrogen-bond donors (Lipinski definition) is 0. The molecule has 2 fully saturated rings. The molecule has 1 aliphatic carbocycles. The number of Topliss-reactive ketones (excluding diaryl/α,β-unsaturated/α-hetero) is 3. The fraction of sp³-hybridized carbons (Fsp3) is 0.243. The molecule has 11 heteroatoms. The van der Waals surface area contributed by atoms with Crippen molar-refractivity contribution in [3.63, 3.8) is 0 Å². The molecule has 3 aromatic rings. The van der Waals surface area contributed by atoms with Crippen LogP contribution in [-0.2, 0) is 19.2 Å². The van der Waals surface area contributed by atoms with Gasteiger partial charge in [-0.15, -0.1) is 0 Å². The monoisotopic (exact) mass is 756 g/mol. The number of carbonyl (C=O) groups is 8. The molecule has 2 heterocycles. The van der Waals surface area contributed by atoms with Crippen LogP contribution in [0.3, 0.4) is 0 Å². The van der Waals surface area contributed by atoms with E-state index >= 15 is 0 Å². The smallest absolute Gasteiger partial charge is 0.266 e. The van der Waals surface area contributed by atoms with Crippen molar-refractivity contribution >= 4 is 84.8 Å². The molecule has 3 aliphatic rings. The van der Waals surface area contributed by atoms with Gasteiger partial charge in [0.05, 0.1) is 34.3 Å². The molecule has 0 N–H and O–H groups in total. The quantitative estimate of drug-likeness (QED) is 0.0831. The highest BCUT2D eigenvalue weighted by molar-refractivity contribution is 14.1. The molecule has 1 saturated carbocycles. The molecule has 6 rings (SSSR count). The minimum Gasteiger partial charge on any atom is -0.300 e. The summed E-state index contributed by atoms with van der Waals surface area (Å²) >= 11 is 1.65. The van der Waals surface area contributed by atoms with Gasteiger partial charge in [0.25, 0.3) is 11.8 Å². The average Bonchev–Trinajstić information content (AvgIpc) is 3.49. The number of imide groups is 2. The van der Waals surface area contributed by atoms with Gasteiger partial charge >= 0.3 is 0 Å². The van der Waals surface area contributed by atoms with Gasteiger partial charge in [-0.1, -0.05) is 24.3 Å².